The van der Waals surface area contributed by atoms with Gasteiger partial charge in [-0.1, -0.05) is 6.08 Å². The van der Waals surface area contributed by atoms with Crippen LogP contribution in [0.15, 0.2) is 12.7 Å². The number of carbonyl (C=O) groups excluding carboxylic acids is 2. The summed E-state index contributed by atoms with van der Waals surface area (Å²) in [5.74, 6) is -0.155. The number of carbonyl (C=O) groups is 2. The van der Waals surface area contributed by atoms with Gasteiger partial charge in [0.1, 0.15) is 6.04 Å². The summed E-state index contributed by atoms with van der Waals surface area (Å²) in [7, 11) is 1.74. The number of hydrogen-bond acceptors (Lipinski definition) is 3. The van der Waals surface area contributed by atoms with Crippen molar-refractivity contribution in [1.29, 1.82) is 0 Å². The minimum Gasteiger partial charge on any atom is -0.344 e. The fourth-order valence-electron chi connectivity index (χ4n) is 1.49. The molecule has 5 nitrogen and oxygen atoms in total. The SMILES string of the molecule is C=CCNCC(=O)NC1CCN(C)C1=O. The first-order valence-electron chi connectivity index (χ1n) is 5.01. The van der Waals surface area contributed by atoms with E-state index in [0.717, 1.165) is 0 Å². The van der Waals surface area contributed by atoms with E-state index in [0.29, 0.717) is 19.5 Å². The first-order chi connectivity index (χ1) is 7.15. The minimum atomic E-state index is -0.340. The van der Waals surface area contributed by atoms with Crippen molar-refractivity contribution in [2.75, 3.05) is 26.7 Å². The maximum absolute atomic E-state index is 11.4. The summed E-state index contributed by atoms with van der Waals surface area (Å²) in [5.41, 5.74) is 0. The molecule has 0 radical (unpaired) electrons. The van der Waals surface area contributed by atoms with Gasteiger partial charge < -0.3 is 15.5 Å². The molecule has 1 fully saturated rings. The highest BCUT2D eigenvalue weighted by molar-refractivity contribution is 5.89. The summed E-state index contributed by atoms with van der Waals surface area (Å²) in [6, 6.07) is -0.340. The molecule has 0 aromatic heterocycles. The Balaban J connectivity index is 2.26. The standard InChI is InChI=1S/C10H17N3O2/c1-3-5-11-7-9(14)12-8-4-6-13(2)10(8)15/h3,8,11H,1,4-7H2,2H3,(H,12,14). The number of likely N-dealkylation sites (N-methyl/N-ethyl adjacent to an activating group) is 1. The summed E-state index contributed by atoms with van der Waals surface area (Å²) in [5, 5.41) is 5.57. The molecule has 0 saturated carbocycles. The fraction of sp³-hybridized carbons (Fsp3) is 0.600. The second-order valence-corrected chi connectivity index (χ2v) is 3.59. The van der Waals surface area contributed by atoms with Gasteiger partial charge in [0.15, 0.2) is 0 Å². The van der Waals surface area contributed by atoms with Gasteiger partial charge in [-0.25, -0.2) is 0 Å². The Bertz CT molecular complexity index is 265. The molecule has 0 aliphatic carbocycles. The third-order valence-electron chi connectivity index (χ3n) is 2.34. The van der Waals surface area contributed by atoms with E-state index in [-0.39, 0.29) is 24.4 Å². The van der Waals surface area contributed by atoms with Gasteiger partial charge in [0.05, 0.1) is 6.54 Å². The molecule has 1 unspecified atom stereocenters. The number of rotatable bonds is 5. The van der Waals surface area contributed by atoms with Gasteiger partial charge in [-0.3, -0.25) is 9.59 Å². The summed E-state index contributed by atoms with van der Waals surface area (Å²) >= 11 is 0. The Kier molecular flexibility index (Phi) is 4.30. The van der Waals surface area contributed by atoms with Gasteiger partial charge in [0.2, 0.25) is 11.8 Å². The van der Waals surface area contributed by atoms with Crippen LogP contribution in [0.25, 0.3) is 0 Å². The minimum absolute atomic E-state index is 0.00734. The topological polar surface area (TPSA) is 61.4 Å². The van der Waals surface area contributed by atoms with Crippen molar-refractivity contribution in [1.82, 2.24) is 15.5 Å². The average molecular weight is 211 g/mol. The zero-order valence-corrected chi connectivity index (χ0v) is 8.95. The predicted molar refractivity (Wildman–Crippen MR) is 57.3 cm³/mol. The van der Waals surface area contributed by atoms with E-state index in [9.17, 15) is 9.59 Å². The van der Waals surface area contributed by atoms with Gasteiger partial charge >= 0.3 is 0 Å². The van der Waals surface area contributed by atoms with Crippen LogP contribution in [0.5, 0.6) is 0 Å². The van der Waals surface area contributed by atoms with Gasteiger partial charge in [0.25, 0.3) is 0 Å². The normalized spacial score (nSPS) is 20.5. The van der Waals surface area contributed by atoms with Crippen LogP contribution < -0.4 is 10.6 Å². The molecule has 1 atom stereocenters. The fourth-order valence-corrected chi connectivity index (χ4v) is 1.49. The number of likely N-dealkylation sites (tertiary alicyclic amines) is 1. The predicted octanol–water partition coefficient (Wildman–Crippen LogP) is -0.891. The molecule has 0 aromatic rings. The van der Waals surface area contributed by atoms with E-state index >= 15 is 0 Å². The van der Waals surface area contributed by atoms with E-state index in [1.807, 2.05) is 0 Å². The maximum atomic E-state index is 11.4. The van der Waals surface area contributed by atoms with E-state index in [4.69, 9.17) is 0 Å². The molecule has 1 rings (SSSR count). The highest BCUT2D eigenvalue weighted by Gasteiger charge is 2.29. The molecule has 5 heteroatoms. The number of hydrogen-bond donors (Lipinski definition) is 2. The maximum Gasteiger partial charge on any atom is 0.244 e. The van der Waals surface area contributed by atoms with Crippen molar-refractivity contribution < 1.29 is 9.59 Å². The van der Waals surface area contributed by atoms with Gasteiger partial charge in [0, 0.05) is 20.1 Å². The molecule has 0 aromatic carbocycles. The third kappa shape index (κ3) is 3.36. The molecule has 15 heavy (non-hydrogen) atoms. The lowest BCUT2D eigenvalue weighted by Crippen LogP contribution is -2.44. The molecule has 1 aliphatic rings. The van der Waals surface area contributed by atoms with Crippen LogP contribution in [0, 0.1) is 0 Å². The van der Waals surface area contributed by atoms with Crippen molar-refractivity contribution in [3.05, 3.63) is 12.7 Å². The Morgan fingerprint density at radius 1 is 1.73 bits per heavy atom. The van der Waals surface area contributed by atoms with Crippen LogP contribution >= 0.6 is 0 Å². The zero-order chi connectivity index (χ0) is 11.3. The molecule has 2 amide bonds. The Hall–Kier alpha value is -1.36. The highest BCUT2D eigenvalue weighted by atomic mass is 16.2. The van der Waals surface area contributed by atoms with Crippen molar-refractivity contribution >= 4 is 11.8 Å². The average Bonchev–Trinajstić information content (AvgIpc) is 2.50. The van der Waals surface area contributed by atoms with Crippen LogP contribution in [0.4, 0.5) is 0 Å². The van der Waals surface area contributed by atoms with Crippen LogP contribution in [0.2, 0.25) is 0 Å². The van der Waals surface area contributed by atoms with Crippen LogP contribution in [0.1, 0.15) is 6.42 Å². The van der Waals surface area contributed by atoms with Crippen LogP contribution in [-0.4, -0.2) is 49.4 Å². The van der Waals surface area contributed by atoms with Gasteiger partial charge in [-0.15, -0.1) is 6.58 Å². The van der Waals surface area contributed by atoms with E-state index < -0.39 is 0 Å². The van der Waals surface area contributed by atoms with E-state index in [1.165, 1.54) is 0 Å². The van der Waals surface area contributed by atoms with Crippen molar-refractivity contribution in [3.63, 3.8) is 0 Å². The first-order valence-corrected chi connectivity index (χ1v) is 5.01. The van der Waals surface area contributed by atoms with Gasteiger partial charge in [-0.05, 0) is 6.42 Å². The summed E-state index contributed by atoms with van der Waals surface area (Å²) in [6.45, 7) is 5.05. The summed E-state index contributed by atoms with van der Waals surface area (Å²) in [4.78, 5) is 24.4. The van der Waals surface area contributed by atoms with Crippen molar-refractivity contribution in [3.8, 4) is 0 Å². The van der Waals surface area contributed by atoms with Crippen LogP contribution in [-0.2, 0) is 9.59 Å². The number of nitrogens with zero attached hydrogens (tertiary/aromatic N) is 1. The molecule has 0 bridgehead atoms. The molecule has 1 heterocycles. The van der Waals surface area contributed by atoms with Crippen molar-refractivity contribution in [2.45, 2.75) is 12.5 Å². The lowest BCUT2D eigenvalue weighted by molar-refractivity contribution is -0.131. The zero-order valence-electron chi connectivity index (χ0n) is 8.95. The molecule has 0 spiro atoms. The number of amides is 2. The lowest BCUT2D eigenvalue weighted by atomic mass is 10.2. The van der Waals surface area contributed by atoms with E-state index in [1.54, 1.807) is 18.0 Å². The Labute approximate surface area is 89.5 Å². The Morgan fingerprint density at radius 3 is 3.00 bits per heavy atom. The molecule has 1 saturated heterocycles. The monoisotopic (exact) mass is 211 g/mol. The smallest absolute Gasteiger partial charge is 0.244 e. The molecular weight excluding hydrogens is 194 g/mol. The second-order valence-electron chi connectivity index (χ2n) is 3.59. The lowest BCUT2D eigenvalue weighted by Gasteiger charge is -2.12. The van der Waals surface area contributed by atoms with Crippen LogP contribution in [0.3, 0.4) is 0 Å². The second kappa shape index (κ2) is 5.50. The number of nitrogens with one attached hydrogen (secondary N) is 2. The largest absolute Gasteiger partial charge is 0.344 e. The quantitative estimate of drug-likeness (QED) is 0.458. The summed E-state index contributed by atoms with van der Waals surface area (Å²) < 4.78 is 0. The molecule has 1 aliphatic heterocycles. The summed E-state index contributed by atoms with van der Waals surface area (Å²) in [6.07, 6.45) is 2.38. The molecular formula is C10H17N3O2. The third-order valence-corrected chi connectivity index (χ3v) is 2.34. The highest BCUT2D eigenvalue weighted by Crippen LogP contribution is 2.07. The molecule has 84 valence electrons. The molecule has 2 N–H and O–H groups in total. The Morgan fingerprint density at radius 2 is 2.47 bits per heavy atom. The first kappa shape index (κ1) is 11.7. The van der Waals surface area contributed by atoms with Gasteiger partial charge in [-0.2, -0.15) is 0 Å². The van der Waals surface area contributed by atoms with Crippen molar-refractivity contribution in [2.24, 2.45) is 0 Å². The van der Waals surface area contributed by atoms with E-state index in [2.05, 4.69) is 17.2 Å².